The van der Waals surface area contributed by atoms with Gasteiger partial charge in [-0.1, -0.05) is 12.8 Å². The lowest BCUT2D eigenvalue weighted by atomic mass is 10.0. The van der Waals surface area contributed by atoms with Crippen LogP contribution in [0.1, 0.15) is 37.1 Å². The van der Waals surface area contributed by atoms with Gasteiger partial charge in [0.2, 0.25) is 0 Å². The van der Waals surface area contributed by atoms with Crippen LogP contribution in [-0.2, 0) is 12.6 Å². The molecule has 0 aliphatic heterocycles. The largest absolute Gasteiger partial charge is 0.383 e. The van der Waals surface area contributed by atoms with Crippen LogP contribution in [0.5, 0.6) is 0 Å². The van der Waals surface area contributed by atoms with E-state index in [0.717, 1.165) is 11.4 Å². The Hall–Kier alpha value is -0.830. The molecule has 2 aliphatic rings. The van der Waals surface area contributed by atoms with Crippen molar-refractivity contribution in [3.8, 4) is 0 Å². The van der Waals surface area contributed by atoms with Gasteiger partial charge in [-0.25, -0.2) is 0 Å². The van der Waals surface area contributed by atoms with E-state index in [2.05, 4.69) is 5.10 Å². The molecule has 0 amide bonds. The second kappa shape index (κ2) is 2.85. The molecule has 1 heterocycles. The predicted molar refractivity (Wildman–Crippen MR) is 57.3 cm³/mol. The second-order valence-electron chi connectivity index (χ2n) is 5.12. The fourth-order valence-corrected chi connectivity index (χ4v) is 3.46. The minimum Gasteiger partial charge on any atom is -0.383 e. The molecule has 1 N–H and O–H groups in total. The zero-order chi connectivity index (χ0) is 10.6. The molecule has 3 heteroatoms. The highest BCUT2D eigenvalue weighted by Gasteiger charge is 2.66. The van der Waals surface area contributed by atoms with Crippen molar-refractivity contribution in [2.24, 2.45) is 18.9 Å². The maximum absolute atomic E-state index is 10.7. The van der Waals surface area contributed by atoms with Crippen molar-refractivity contribution in [1.29, 1.82) is 0 Å². The number of fused-ring (bicyclic) bond motifs is 1. The van der Waals surface area contributed by atoms with Gasteiger partial charge in [0.15, 0.2) is 0 Å². The van der Waals surface area contributed by atoms with Crippen LogP contribution in [0, 0.1) is 18.8 Å². The summed E-state index contributed by atoms with van der Waals surface area (Å²) < 4.78 is 1.85. The van der Waals surface area contributed by atoms with Gasteiger partial charge >= 0.3 is 0 Å². The number of aliphatic hydroxyl groups is 1. The first-order valence-corrected chi connectivity index (χ1v) is 5.87. The summed E-state index contributed by atoms with van der Waals surface area (Å²) in [5.41, 5.74) is 1.48. The molecular weight excluding hydrogens is 188 g/mol. The van der Waals surface area contributed by atoms with Crippen LogP contribution in [0.4, 0.5) is 0 Å². The number of hydrogen-bond acceptors (Lipinski definition) is 2. The monoisotopic (exact) mass is 206 g/mol. The molecule has 2 aliphatic carbocycles. The third kappa shape index (κ3) is 1.13. The quantitative estimate of drug-likeness (QED) is 0.760. The Morgan fingerprint density at radius 2 is 2.00 bits per heavy atom. The SMILES string of the molecule is Cc1cc(C2(O)C3CCCCC32)n(C)n1. The van der Waals surface area contributed by atoms with Crippen molar-refractivity contribution in [2.45, 2.75) is 38.2 Å². The van der Waals surface area contributed by atoms with Crippen LogP contribution in [0.15, 0.2) is 6.07 Å². The van der Waals surface area contributed by atoms with Crippen molar-refractivity contribution in [3.05, 3.63) is 17.5 Å². The van der Waals surface area contributed by atoms with E-state index in [1.54, 1.807) is 0 Å². The standard InChI is InChI=1S/C12H18N2O/c1-8-7-11(14(2)13-8)12(15)9-5-3-4-6-10(9)12/h7,9-10,15H,3-6H2,1-2H3. The topological polar surface area (TPSA) is 38.0 Å². The summed E-state index contributed by atoms with van der Waals surface area (Å²) >= 11 is 0. The van der Waals surface area contributed by atoms with Gasteiger partial charge < -0.3 is 5.11 Å². The molecule has 3 rings (SSSR count). The van der Waals surface area contributed by atoms with Gasteiger partial charge in [-0.2, -0.15) is 5.10 Å². The van der Waals surface area contributed by atoms with Crippen molar-refractivity contribution in [1.82, 2.24) is 9.78 Å². The minimum absolute atomic E-state index is 0.501. The number of rotatable bonds is 1. The van der Waals surface area contributed by atoms with Crippen molar-refractivity contribution >= 4 is 0 Å². The van der Waals surface area contributed by atoms with Gasteiger partial charge in [0.1, 0.15) is 5.60 Å². The molecule has 1 aromatic heterocycles. The fraction of sp³-hybridized carbons (Fsp3) is 0.750. The lowest BCUT2D eigenvalue weighted by Gasteiger charge is -2.10. The first kappa shape index (κ1) is 9.40. The van der Waals surface area contributed by atoms with Gasteiger partial charge in [-0.05, 0) is 37.7 Å². The highest BCUT2D eigenvalue weighted by Crippen LogP contribution is 2.64. The highest BCUT2D eigenvalue weighted by atomic mass is 16.3. The lowest BCUT2D eigenvalue weighted by molar-refractivity contribution is 0.108. The van der Waals surface area contributed by atoms with Crippen molar-refractivity contribution in [2.75, 3.05) is 0 Å². The molecule has 2 fully saturated rings. The molecule has 0 spiro atoms. The maximum Gasteiger partial charge on any atom is 0.112 e. The van der Waals surface area contributed by atoms with Crippen LogP contribution >= 0.6 is 0 Å². The van der Waals surface area contributed by atoms with Gasteiger partial charge in [0.05, 0.1) is 11.4 Å². The number of nitrogens with zero attached hydrogens (tertiary/aromatic N) is 2. The molecule has 2 atom stereocenters. The Labute approximate surface area is 90.1 Å². The fourth-order valence-electron chi connectivity index (χ4n) is 3.46. The summed E-state index contributed by atoms with van der Waals surface area (Å²) in [7, 11) is 1.94. The first-order valence-electron chi connectivity index (χ1n) is 5.87. The molecule has 2 unspecified atom stereocenters. The van der Waals surface area contributed by atoms with Gasteiger partial charge in [0.25, 0.3) is 0 Å². The Bertz CT molecular complexity index is 384. The molecule has 2 saturated carbocycles. The zero-order valence-electron chi connectivity index (χ0n) is 9.40. The smallest absolute Gasteiger partial charge is 0.112 e. The Balaban J connectivity index is 1.97. The molecule has 1 aromatic rings. The third-order valence-electron chi connectivity index (χ3n) is 4.20. The van der Waals surface area contributed by atoms with E-state index in [1.165, 1.54) is 25.7 Å². The van der Waals surface area contributed by atoms with E-state index < -0.39 is 5.60 Å². The van der Waals surface area contributed by atoms with Crippen LogP contribution in [0.3, 0.4) is 0 Å². The molecule has 0 bridgehead atoms. The summed E-state index contributed by atoms with van der Waals surface area (Å²) in [6.45, 7) is 1.99. The molecule has 82 valence electrons. The highest BCUT2D eigenvalue weighted by molar-refractivity contribution is 5.29. The lowest BCUT2D eigenvalue weighted by Crippen LogP contribution is -2.15. The summed E-state index contributed by atoms with van der Waals surface area (Å²) in [6, 6.07) is 2.04. The normalized spacial score (nSPS) is 38.9. The first-order chi connectivity index (χ1) is 7.14. The van der Waals surface area contributed by atoms with E-state index in [4.69, 9.17) is 0 Å². The van der Waals surface area contributed by atoms with E-state index in [0.29, 0.717) is 11.8 Å². The summed E-state index contributed by atoms with van der Waals surface area (Å²) in [5.74, 6) is 1.00. The van der Waals surface area contributed by atoms with Gasteiger partial charge in [-0.15, -0.1) is 0 Å². The summed E-state index contributed by atoms with van der Waals surface area (Å²) in [5, 5.41) is 15.0. The second-order valence-corrected chi connectivity index (χ2v) is 5.12. The molecule has 0 radical (unpaired) electrons. The summed E-state index contributed by atoms with van der Waals surface area (Å²) in [6.07, 6.45) is 4.93. The van der Waals surface area contributed by atoms with E-state index >= 15 is 0 Å². The van der Waals surface area contributed by atoms with Crippen LogP contribution in [-0.4, -0.2) is 14.9 Å². The molecule has 15 heavy (non-hydrogen) atoms. The van der Waals surface area contributed by atoms with Crippen LogP contribution in [0.2, 0.25) is 0 Å². The average Bonchev–Trinajstić information content (AvgIpc) is 2.67. The van der Waals surface area contributed by atoms with E-state index in [9.17, 15) is 5.11 Å². The van der Waals surface area contributed by atoms with Crippen molar-refractivity contribution < 1.29 is 5.11 Å². The number of aryl methyl sites for hydroxylation is 2. The maximum atomic E-state index is 10.7. The molecule has 3 nitrogen and oxygen atoms in total. The Kier molecular flexibility index (Phi) is 1.78. The zero-order valence-corrected chi connectivity index (χ0v) is 9.40. The Morgan fingerprint density at radius 3 is 2.47 bits per heavy atom. The summed E-state index contributed by atoms with van der Waals surface area (Å²) in [4.78, 5) is 0. The molecule has 0 saturated heterocycles. The predicted octanol–water partition coefficient (Wildman–Crippen LogP) is 1.74. The van der Waals surface area contributed by atoms with E-state index in [-0.39, 0.29) is 0 Å². The third-order valence-corrected chi connectivity index (χ3v) is 4.20. The number of aromatic nitrogens is 2. The number of hydrogen-bond donors (Lipinski definition) is 1. The minimum atomic E-state index is -0.549. The van der Waals surface area contributed by atoms with Crippen LogP contribution in [0.25, 0.3) is 0 Å². The van der Waals surface area contributed by atoms with E-state index in [1.807, 2.05) is 24.7 Å². The van der Waals surface area contributed by atoms with Crippen LogP contribution < -0.4 is 0 Å². The van der Waals surface area contributed by atoms with Gasteiger partial charge in [0, 0.05) is 7.05 Å². The van der Waals surface area contributed by atoms with Gasteiger partial charge in [-0.3, -0.25) is 4.68 Å². The Morgan fingerprint density at radius 1 is 1.40 bits per heavy atom. The molecule has 0 aromatic carbocycles. The van der Waals surface area contributed by atoms with Crippen molar-refractivity contribution in [3.63, 3.8) is 0 Å². The molecular formula is C12H18N2O. The average molecular weight is 206 g/mol.